The van der Waals surface area contributed by atoms with Crippen LogP contribution in [0.4, 0.5) is 0 Å². The second-order valence-corrected chi connectivity index (χ2v) is 6.12. The highest BCUT2D eigenvalue weighted by molar-refractivity contribution is 7.12. The van der Waals surface area contributed by atoms with E-state index in [2.05, 4.69) is 5.32 Å². The molecule has 2 aromatic rings. The van der Waals surface area contributed by atoms with Gasteiger partial charge in [-0.15, -0.1) is 11.3 Å². The number of thiophene rings is 1. The van der Waals surface area contributed by atoms with Crippen LogP contribution in [-0.4, -0.2) is 48.1 Å². The summed E-state index contributed by atoms with van der Waals surface area (Å²) in [6, 6.07) is 12.4. The number of carbonyl (C=O) groups excluding carboxylic acids is 2. The summed E-state index contributed by atoms with van der Waals surface area (Å²) in [4.78, 5) is 26.8. The lowest BCUT2D eigenvalue weighted by atomic mass is 10.0. The molecule has 1 aromatic heterocycles. The number of nitrogens with zero attached hydrogens (tertiary/aromatic N) is 1. The molecule has 0 fully saturated rings. The molecule has 0 saturated carbocycles. The third-order valence-electron chi connectivity index (χ3n) is 3.44. The summed E-state index contributed by atoms with van der Waals surface area (Å²) in [5, 5.41) is 13.6. The number of aliphatic hydroxyl groups is 1. The van der Waals surface area contributed by atoms with E-state index in [0.29, 0.717) is 11.3 Å². The van der Waals surface area contributed by atoms with Gasteiger partial charge in [-0.2, -0.15) is 0 Å². The molecule has 0 aliphatic heterocycles. The Bertz CT molecular complexity index is 629. The van der Waals surface area contributed by atoms with Gasteiger partial charge in [-0.1, -0.05) is 36.4 Å². The summed E-state index contributed by atoms with van der Waals surface area (Å²) in [5.74, 6) is -0.473. The smallest absolute Gasteiger partial charge is 0.262 e. The Balaban J connectivity index is 2.13. The van der Waals surface area contributed by atoms with Crippen LogP contribution in [0.15, 0.2) is 47.8 Å². The maximum atomic E-state index is 12.5. The maximum Gasteiger partial charge on any atom is 0.262 e. The number of nitrogens with one attached hydrogen (secondary N) is 1. The minimum absolute atomic E-state index is 0.112. The molecule has 1 heterocycles. The van der Waals surface area contributed by atoms with Crippen LogP contribution < -0.4 is 5.32 Å². The van der Waals surface area contributed by atoms with Gasteiger partial charge in [0, 0.05) is 20.0 Å². The molecule has 0 spiro atoms. The van der Waals surface area contributed by atoms with Crippen molar-refractivity contribution < 1.29 is 14.7 Å². The summed E-state index contributed by atoms with van der Waals surface area (Å²) < 4.78 is 0. The lowest BCUT2D eigenvalue weighted by molar-refractivity contribution is -0.132. The third kappa shape index (κ3) is 4.91. The third-order valence-corrected chi connectivity index (χ3v) is 4.31. The van der Waals surface area contributed by atoms with Gasteiger partial charge in [-0.25, -0.2) is 0 Å². The second-order valence-electron chi connectivity index (χ2n) is 5.18. The summed E-state index contributed by atoms with van der Waals surface area (Å²) in [6.07, 6.45) is 0.409. The lowest BCUT2D eigenvalue weighted by Crippen LogP contribution is -2.49. The van der Waals surface area contributed by atoms with Crippen molar-refractivity contribution in [2.75, 3.05) is 20.2 Å². The van der Waals surface area contributed by atoms with Crippen LogP contribution in [0.3, 0.4) is 0 Å². The standard InChI is InChI=1S/C17H20N2O3S/c1-19(9-10-20)17(22)14(12-13-6-3-2-4-7-13)18-16(21)15-8-5-11-23-15/h2-8,11,14,20H,9-10,12H2,1H3,(H,18,21). The minimum Gasteiger partial charge on any atom is -0.395 e. The van der Waals surface area contributed by atoms with Gasteiger partial charge < -0.3 is 15.3 Å². The molecule has 1 aromatic carbocycles. The first-order valence-electron chi connectivity index (χ1n) is 7.36. The molecule has 1 atom stereocenters. The van der Waals surface area contributed by atoms with Gasteiger partial charge in [0.05, 0.1) is 11.5 Å². The van der Waals surface area contributed by atoms with Gasteiger partial charge in [-0.05, 0) is 17.0 Å². The van der Waals surface area contributed by atoms with Crippen LogP contribution in [0.25, 0.3) is 0 Å². The van der Waals surface area contributed by atoms with E-state index in [1.807, 2.05) is 35.7 Å². The number of likely N-dealkylation sites (N-methyl/N-ethyl adjacent to an activating group) is 1. The summed E-state index contributed by atoms with van der Waals surface area (Å²) in [7, 11) is 1.62. The summed E-state index contributed by atoms with van der Waals surface area (Å²) in [6.45, 7) is 0.123. The van der Waals surface area contributed by atoms with Crippen molar-refractivity contribution in [3.8, 4) is 0 Å². The van der Waals surface area contributed by atoms with E-state index in [1.165, 1.54) is 16.2 Å². The SMILES string of the molecule is CN(CCO)C(=O)C(Cc1ccccc1)NC(=O)c1cccs1. The molecule has 6 heteroatoms. The molecule has 2 rings (SSSR count). The van der Waals surface area contributed by atoms with E-state index in [-0.39, 0.29) is 25.0 Å². The highest BCUT2D eigenvalue weighted by Crippen LogP contribution is 2.11. The van der Waals surface area contributed by atoms with Crippen LogP contribution in [-0.2, 0) is 11.2 Å². The summed E-state index contributed by atoms with van der Waals surface area (Å²) in [5.41, 5.74) is 0.967. The first kappa shape index (κ1) is 17.2. The molecule has 2 N–H and O–H groups in total. The van der Waals surface area contributed by atoms with Crippen LogP contribution in [0.1, 0.15) is 15.2 Å². The molecule has 0 bridgehead atoms. The van der Waals surface area contributed by atoms with Gasteiger partial charge in [-0.3, -0.25) is 9.59 Å². The highest BCUT2D eigenvalue weighted by Gasteiger charge is 2.24. The van der Waals surface area contributed by atoms with Crippen molar-refractivity contribution in [1.82, 2.24) is 10.2 Å². The van der Waals surface area contributed by atoms with Crippen LogP contribution in [0.5, 0.6) is 0 Å². The second kappa shape index (κ2) is 8.45. The van der Waals surface area contributed by atoms with Crippen LogP contribution in [0, 0.1) is 0 Å². The van der Waals surface area contributed by atoms with Crippen molar-refractivity contribution in [3.63, 3.8) is 0 Å². The van der Waals surface area contributed by atoms with Crippen molar-refractivity contribution in [2.24, 2.45) is 0 Å². The van der Waals surface area contributed by atoms with Gasteiger partial charge in [0.2, 0.25) is 5.91 Å². The van der Waals surface area contributed by atoms with Crippen molar-refractivity contribution in [1.29, 1.82) is 0 Å². The van der Waals surface area contributed by atoms with Crippen LogP contribution in [0.2, 0.25) is 0 Å². The van der Waals surface area contributed by atoms with Gasteiger partial charge in [0.15, 0.2) is 0 Å². The average molecular weight is 332 g/mol. The number of rotatable bonds is 7. The van der Waals surface area contributed by atoms with Gasteiger partial charge in [0.25, 0.3) is 5.91 Å². The molecule has 23 heavy (non-hydrogen) atoms. The zero-order chi connectivity index (χ0) is 16.7. The minimum atomic E-state index is -0.663. The molecule has 0 radical (unpaired) electrons. The molecule has 0 saturated heterocycles. The Morgan fingerprint density at radius 3 is 2.57 bits per heavy atom. The monoisotopic (exact) mass is 332 g/mol. The fraction of sp³-hybridized carbons (Fsp3) is 0.294. The Labute approximate surface area is 139 Å². The Hall–Kier alpha value is -2.18. The normalized spacial score (nSPS) is 11.7. The van der Waals surface area contributed by atoms with E-state index in [9.17, 15) is 9.59 Å². The van der Waals surface area contributed by atoms with Crippen molar-refractivity contribution >= 4 is 23.2 Å². The predicted molar refractivity (Wildman–Crippen MR) is 90.4 cm³/mol. The average Bonchev–Trinajstić information content (AvgIpc) is 3.09. The molecule has 1 unspecified atom stereocenters. The zero-order valence-corrected chi connectivity index (χ0v) is 13.8. The number of hydrogen-bond acceptors (Lipinski definition) is 4. The van der Waals surface area contributed by atoms with Crippen molar-refractivity contribution in [2.45, 2.75) is 12.5 Å². The number of hydrogen-bond donors (Lipinski definition) is 2. The largest absolute Gasteiger partial charge is 0.395 e. The van der Waals surface area contributed by atoms with E-state index in [1.54, 1.807) is 19.2 Å². The molecule has 2 amide bonds. The molecular formula is C17H20N2O3S. The van der Waals surface area contributed by atoms with Crippen molar-refractivity contribution in [3.05, 3.63) is 58.3 Å². The van der Waals surface area contributed by atoms with E-state index >= 15 is 0 Å². The topological polar surface area (TPSA) is 69.6 Å². The molecule has 0 aliphatic rings. The fourth-order valence-corrected chi connectivity index (χ4v) is 2.84. The van der Waals surface area contributed by atoms with E-state index in [0.717, 1.165) is 5.56 Å². The highest BCUT2D eigenvalue weighted by atomic mass is 32.1. The fourth-order valence-electron chi connectivity index (χ4n) is 2.21. The lowest BCUT2D eigenvalue weighted by Gasteiger charge is -2.24. The zero-order valence-electron chi connectivity index (χ0n) is 12.9. The maximum absolute atomic E-state index is 12.5. The quantitative estimate of drug-likeness (QED) is 0.808. The molecule has 5 nitrogen and oxygen atoms in total. The van der Waals surface area contributed by atoms with Crippen LogP contribution >= 0.6 is 11.3 Å². The Morgan fingerprint density at radius 1 is 1.22 bits per heavy atom. The first-order chi connectivity index (χ1) is 11.1. The predicted octanol–water partition coefficient (Wildman–Crippen LogP) is 1.54. The summed E-state index contributed by atoms with van der Waals surface area (Å²) >= 11 is 1.33. The molecule has 122 valence electrons. The number of carbonyl (C=O) groups is 2. The number of benzene rings is 1. The molecule has 0 aliphatic carbocycles. The Morgan fingerprint density at radius 2 is 1.96 bits per heavy atom. The number of amides is 2. The van der Waals surface area contributed by atoms with E-state index < -0.39 is 6.04 Å². The van der Waals surface area contributed by atoms with Gasteiger partial charge in [0.1, 0.15) is 6.04 Å². The first-order valence-corrected chi connectivity index (χ1v) is 8.24. The molecular weight excluding hydrogens is 312 g/mol. The van der Waals surface area contributed by atoms with E-state index in [4.69, 9.17) is 5.11 Å². The Kier molecular flexibility index (Phi) is 6.31. The number of aliphatic hydroxyl groups excluding tert-OH is 1. The van der Waals surface area contributed by atoms with Gasteiger partial charge >= 0.3 is 0 Å².